The maximum atomic E-state index is 14.0. The molecule has 0 radical (unpaired) electrons. The van der Waals surface area contributed by atoms with Crippen LogP contribution in [0.25, 0.3) is 11.8 Å². The average molecular weight is 539 g/mol. The summed E-state index contributed by atoms with van der Waals surface area (Å²) in [6.45, 7) is 0.0938. The van der Waals surface area contributed by atoms with Gasteiger partial charge in [0.05, 0.1) is 27.9 Å². The summed E-state index contributed by atoms with van der Waals surface area (Å²) in [5.74, 6) is -1.13. The second-order valence-corrected chi connectivity index (χ2v) is 11.9. The highest BCUT2D eigenvalue weighted by Gasteiger charge is 2.51. The van der Waals surface area contributed by atoms with E-state index in [9.17, 15) is 22.0 Å². The quantitative estimate of drug-likeness (QED) is 0.349. The lowest BCUT2D eigenvalue weighted by Gasteiger charge is -2.44. The molecular weight excluding hydrogens is 518 g/mol. The zero-order valence-corrected chi connectivity index (χ0v) is 21.0. The third-order valence-electron chi connectivity index (χ3n) is 6.96. The van der Waals surface area contributed by atoms with Gasteiger partial charge in [-0.1, -0.05) is 5.57 Å². The van der Waals surface area contributed by atoms with Gasteiger partial charge >= 0.3 is 0 Å². The Bertz CT molecular complexity index is 1630. The minimum atomic E-state index is -3.98. The molecule has 0 unspecified atom stereocenters. The van der Waals surface area contributed by atoms with E-state index < -0.39 is 21.3 Å². The number of carbonyl (C=O) groups excluding carboxylic acids is 1. The topological polar surface area (TPSA) is 85.2 Å². The van der Waals surface area contributed by atoms with Gasteiger partial charge < -0.3 is 0 Å². The summed E-state index contributed by atoms with van der Waals surface area (Å²) in [6.07, 6.45) is 5.68. The largest absolute Gasteiger partial charge is 0.290 e. The molecule has 37 heavy (non-hydrogen) atoms. The fourth-order valence-electron chi connectivity index (χ4n) is 5.10. The van der Waals surface area contributed by atoms with Gasteiger partial charge in [-0.2, -0.15) is 9.40 Å². The van der Waals surface area contributed by atoms with E-state index in [1.54, 1.807) is 34.6 Å². The van der Waals surface area contributed by atoms with Crippen molar-refractivity contribution in [1.82, 2.24) is 19.1 Å². The van der Waals surface area contributed by atoms with Gasteiger partial charge in [0, 0.05) is 24.7 Å². The Balaban J connectivity index is 1.44. The van der Waals surface area contributed by atoms with Crippen molar-refractivity contribution in [2.75, 3.05) is 13.1 Å². The lowest BCUT2D eigenvalue weighted by molar-refractivity contribution is 0.0775. The van der Waals surface area contributed by atoms with Crippen LogP contribution in [0.2, 0.25) is 0 Å². The number of rotatable bonds is 5. The van der Waals surface area contributed by atoms with Gasteiger partial charge in [0.25, 0.3) is 0 Å². The van der Waals surface area contributed by atoms with Crippen LogP contribution in [-0.4, -0.2) is 46.4 Å². The van der Waals surface area contributed by atoms with Gasteiger partial charge in [-0.05, 0) is 73.0 Å². The molecule has 11 heteroatoms. The van der Waals surface area contributed by atoms with Gasteiger partial charge in [-0.15, -0.1) is 11.3 Å². The number of sulfonamides is 1. The van der Waals surface area contributed by atoms with Crippen molar-refractivity contribution in [2.24, 2.45) is 5.41 Å². The molecule has 2 aromatic carbocycles. The lowest BCUT2D eigenvalue weighted by Crippen LogP contribution is -2.53. The predicted octanol–water partition coefficient (Wildman–Crippen LogP) is 4.51. The Morgan fingerprint density at radius 1 is 1.03 bits per heavy atom. The molecule has 1 aliphatic heterocycles. The maximum absolute atomic E-state index is 14.0. The molecule has 7 nitrogen and oxygen atoms in total. The molecular formula is C26H20F2N4O3S2. The van der Waals surface area contributed by atoms with Gasteiger partial charge in [-0.25, -0.2) is 26.9 Å². The second kappa shape index (κ2) is 8.79. The normalized spacial score (nSPS) is 19.7. The number of halogens is 2. The fraction of sp³-hybridized carbons (Fsp3) is 0.192. The number of nitrogens with zero attached hydrogens (tertiary/aromatic N) is 4. The van der Waals surface area contributed by atoms with E-state index in [-0.39, 0.29) is 36.0 Å². The van der Waals surface area contributed by atoms with E-state index in [1.165, 1.54) is 39.9 Å². The van der Waals surface area contributed by atoms with Gasteiger partial charge in [-0.3, -0.25) is 4.79 Å². The minimum absolute atomic E-state index is 0.0289. The molecule has 188 valence electrons. The van der Waals surface area contributed by atoms with E-state index in [2.05, 4.69) is 10.1 Å². The van der Waals surface area contributed by atoms with Crippen molar-refractivity contribution in [3.05, 3.63) is 99.8 Å². The summed E-state index contributed by atoms with van der Waals surface area (Å²) < 4.78 is 56.9. The molecule has 0 amide bonds. The second-order valence-electron chi connectivity index (χ2n) is 9.08. The number of piperidine rings is 1. The van der Waals surface area contributed by atoms with Crippen LogP contribution in [0.1, 0.15) is 27.5 Å². The number of carbonyl (C=O) groups is 1. The van der Waals surface area contributed by atoms with E-state index in [0.29, 0.717) is 17.1 Å². The smallest absolute Gasteiger partial charge is 0.243 e. The van der Waals surface area contributed by atoms with Crippen molar-refractivity contribution in [3.63, 3.8) is 0 Å². The number of benzene rings is 2. The van der Waals surface area contributed by atoms with Crippen molar-refractivity contribution >= 4 is 33.2 Å². The van der Waals surface area contributed by atoms with E-state index in [1.807, 2.05) is 6.08 Å². The number of hydrogen-bond acceptors (Lipinski definition) is 6. The summed E-state index contributed by atoms with van der Waals surface area (Å²) in [4.78, 5) is 18.2. The zero-order valence-electron chi connectivity index (χ0n) is 19.3. The van der Waals surface area contributed by atoms with E-state index >= 15 is 0 Å². The number of ketones is 1. The van der Waals surface area contributed by atoms with Crippen molar-refractivity contribution in [3.8, 4) is 5.69 Å². The molecule has 0 N–H and O–H groups in total. The molecule has 2 aliphatic rings. The van der Waals surface area contributed by atoms with Crippen LogP contribution in [0, 0.1) is 17.0 Å². The first-order valence-electron chi connectivity index (χ1n) is 11.5. The highest BCUT2D eigenvalue weighted by molar-refractivity contribution is 7.89. The Morgan fingerprint density at radius 3 is 2.41 bits per heavy atom. The number of fused-ring (bicyclic) bond motifs is 2. The molecule has 2 aromatic heterocycles. The van der Waals surface area contributed by atoms with Crippen LogP contribution in [0.4, 0.5) is 8.78 Å². The summed E-state index contributed by atoms with van der Waals surface area (Å²) in [5, 5.41) is 6.51. The molecule has 3 heterocycles. The molecule has 4 aromatic rings. The monoisotopic (exact) mass is 538 g/mol. The minimum Gasteiger partial charge on any atom is -0.290 e. The van der Waals surface area contributed by atoms with Crippen LogP contribution in [0.15, 0.2) is 76.8 Å². The molecule has 6 rings (SSSR count). The first kappa shape index (κ1) is 23.8. The van der Waals surface area contributed by atoms with Crippen LogP contribution in [-0.2, 0) is 16.4 Å². The molecule has 1 aliphatic carbocycles. The van der Waals surface area contributed by atoms with Crippen LogP contribution >= 0.6 is 11.3 Å². The van der Waals surface area contributed by atoms with Gasteiger partial charge in [0.2, 0.25) is 15.8 Å². The third-order valence-corrected chi connectivity index (χ3v) is 9.60. The lowest BCUT2D eigenvalue weighted by atomic mass is 9.66. The van der Waals surface area contributed by atoms with Crippen molar-refractivity contribution in [1.29, 1.82) is 0 Å². The molecule has 0 spiro atoms. The Hall–Kier alpha value is -3.54. The van der Waals surface area contributed by atoms with E-state index in [4.69, 9.17) is 0 Å². The Morgan fingerprint density at radius 2 is 1.73 bits per heavy atom. The van der Waals surface area contributed by atoms with Crippen LogP contribution in [0.5, 0.6) is 0 Å². The predicted molar refractivity (Wildman–Crippen MR) is 134 cm³/mol. The zero-order chi connectivity index (χ0) is 25.8. The number of Topliss-reactive ketones (excluding diaryl/α,β-unsaturated/α-hetero) is 1. The standard InChI is InChI=1S/C26H20F2N4O3S2/c27-19-1-5-21(6-2-19)32-23-13-18-9-11-31(37(34,35)22-7-3-20(28)4-8-22)16-26(18,14-17(23)15-30-32)24(33)25-29-10-12-36-25/h1-8,10,12-13,15H,9,11,14,16H2/t26-/m0/s1. The fourth-order valence-corrected chi connectivity index (χ4v) is 7.28. The van der Waals surface area contributed by atoms with Crippen molar-refractivity contribution < 1.29 is 22.0 Å². The summed E-state index contributed by atoms with van der Waals surface area (Å²) in [6, 6.07) is 10.6. The molecule has 0 bridgehead atoms. The number of thiazole rings is 1. The first-order valence-corrected chi connectivity index (χ1v) is 13.8. The summed E-state index contributed by atoms with van der Waals surface area (Å²) in [7, 11) is -3.98. The van der Waals surface area contributed by atoms with Gasteiger partial charge in [0.15, 0.2) is 5.01 Å². The van der Waals surface area contributed by atoms with Crippen LogP contribution in [0.3, 0.4) is 0 Å². The summed E-state index contributed by atoms with van der Waals surface area (Å²) in [5.41, 5.74) is 1.87. The Kier molecular flexibility index (Phi) is 5.66. The number of hydrogen-bond donors (Lipinski definition) is 0. The molecule has 0 saturated carbocycles. The molecule has 1 atom stereocenters. The molecule has 1 saturated heterocycles. The first-order chi connectivity index (χ1) is 17.8. The maximum Gasteiger partial charge on any atom is 0.243 e. The SMILES string of the molecule is O=C(c1nccs1)[C@]12Cc3cnn(-c4ccc(F)cc4)c3C=C1CCN(S(=O)(=O)c1ccc(F)cc1)C2. The molecule has 1 fully saturated rings. The van der Waals surface area contributed by atoms with E-state index in [0.717, 1.165) is 29.0 Å². The number of aromatic nitrogens is 3. The summed E-state index contributed by atoms with van der Waals surface area (Å²) >= 11 is 1.21. The Labute approximate surface area is 215 Å². The third kappa shape index (κ3) is 3.94. The highest BCUT2D eigenvalue weighted by Crippen LogP contribution is 2.47. The highest BCUT2D eigenvalue weighted by atomic mass is 32.2. The van der Waals surface area contributed by atoms with Crippen LogP contribution < -0.4 is 0 Å². The van der Waals surface area contributed by atoms with Crippen molar-refractivity contribution in [2.45, 2.75) is 17.7 Å². The average Bonchev–Trinajstić information content (AvgIpc) is 3.57. The van der Waals surface area contributed by atoms with Gasteiger partial charge in [0.1, 0.15) is 11.6 Å².